The van der Waals surface area contributed by atoms with E-state index in [9.17, 15) is 0 Å². The lowest BCUT2D eigenvalue weighted by Gasteiger charge is -2.07. The normalized spacial score (nSPS) is 9.73. The van der Waals surface area contributed by atoms with E-state index in [2.05, 4.69) is 0 Å². The van der Waals surface area contributed by atoms with Crippen molar-refractivity contribution in [3.63, 3.8) is 0 Å². The molecule has 0 amide bonds. The van der Waals surface area contributed by atoms with Crippen LogP contribution in [0.4, 0.5) is 5.69 Å². The average molecular weight is 172 g/mol. The summed E-state index contributed by atoms with van der Waals surface area (Å²) < 4.78 is 5.00. The smallest absolute Gasteiger partial charge is 0.160 e. The lowest BCUT2D eigenvalue weighted by atomic mass is 10.2. The standard InChI is InChI=1S/C8H10ClNO/c1-5-3-4-6(9)8(11-2)7(5)10/h3-4H,10H2,1-2H3. The number of methoxy groups -OCH3 is 1. The maximum atomic E-state index is 5.80. The first kappa shape index (κ1) is 8.21. The molecule has 11 heavy (non-hydrogen) atoms. The van der Waals surface area contributed by atoms with Gasteiger partial charge in [0.25, 0.3) is 0 Å². The van der Waals surface area contributed by atoms with Crippen molar-refractivity contribution in [1.29, 1.82) is 0 Å². The highest BCUT2D eigenvalue weighted by molar-refractivity contribution is 6.32. The SMILES string of the molecule is COc1c(Cl)ccc(C)c1N. The van der Waals surface area contributed by atoms with Crippen LogP contribution in [0.25, 0.3) is 0 Å². The quantitative estimate of drug-likeness (QED) is 0.658. The van der Waals surface area contributed by atoms with Crippen LogP contribution in [0.1, 0.15) is 5.56 Å². The van der Waals surface area contributed by atoms with E-state index in [1.165, 1.54) is 0 Å². The van der Waals surface area contributed by atoms with E-state index in [0.29, 0.717) is 16.5 Å². The number of benzene rings is 1. The fourth-order valence-corrected chi connectivity index (χ4v) is 1.12. The highest BCUT2D eigenvalue weighted by Crippen LogP contribution is 2.32. The predicted molar refractivity (Wildman–Crippen MR) is 47.2 cm³/mol. The number of aryl methyl sites for hydroxylation is 1. The van der Waals surface area contributed by atoms with Gasteiger partial charge in [0.1, 0.15) is 0 Å². The van der Waals surface area contributed by atoms with Crippen molar-refractivity contribution in [2.75, 3.05) is 12.8 Å². The van der Waals surface area contributed by atoms with E-state index in [0.717, 1.165) is 5.56 Å². The summed E-state index contributed by atoms with van der Waals surface area (Å²) in [6.07, 6.45) is 0. The minimum absolute atomic E-state index is 0.551. The van der Waals surface area contributed by atoms with Gasteiger partial charge in [-0.15, -0.1) is 0 Å². The summed E-state index contributed by atoms with van der Waals surface area (Å²) in [7, 11) is 1.55. The first-order chi connectivity index (χ1) is 5.16. The zero-order valence-electron chi connectivity index (χ0n) is 6.52. The van der Waals surface area contributed by atoms with Crippen molar-refractivity contribution in [3.8, 4) is 5.75 Å². The van der Waals surface area contributed by atoms with Gasteiger partial charge in [0.05, 0.1) is 17.8 Å². The van der Waals surface area contributed by atoms with Crippen molar-refractivity contribution >= 4 is 17.3 Å². The van der Waals surface area contributed by atoms with Crippen molar-refractivity contribution in [3.05, 3.63) is 22.7 Å². The Hall–Kier alpha value is -0.890. The molecule has 0 atom stereocenters. The maximum absolute atomic E-state index is 5.80. The largest absolute Gasteiger partial charge is 0.493 e. The number of hydrogen-bond acceptors (Lipinski definition) is 2. The number of nitrogen functional groups attached to an aromatic ring is 1. The van der Waals surface area contributed by atoms with Gasteiger partial charge in [-0.1, -0.05) is 17.7 Å². The van der Waals surface area contributed by atoms with Crippen LogP contribution in [-0.2, 0) is 0 Å². The third kappa shape index (κ3) is 1.40. The molecule has 2 N–H and O–H groups in total. The van der Waals surface area contributed by atoms with Gasteiger partial charge in [0.15, 0.2) is 5.75 Å². The van der Waals surface area contributed by atoms with Gasteiger partial charge in [-0.05, 0) is 18.6 Å². The fourth-order valence-electron chi connectivity index (χ4n) is 0.879. The Morgan fingerprint density at radius 1 is 1.45 bits per heavy atom. The van der Waals surface area contributed by atoms with Crippen LogP contribution in [-0.4, -0.2) is 7.11 Å². The number of rotatable bonds is 1. The Morgan fingerprint density at radius 2 is 2.09 bits per heavy atom. The first-order valence-electron chi connectivity index (χ1n) is 3.25. The van der Waals surface area contributed by atoms with Crippen molar-refractivity contribution in [2.45, 2.75) is 6.92 Å². The lowest BCUT2D eigenvalue weighted by molar-refractivity contribution is 0.417. The maximum Gasteiger partial charge on any atom is 0.160 e. The Bertz CT molecular complexity index is 273. The molecular formula is C8H10ClNO. The van der Waals surface area contributed by atoms with Crippen molar-refractivity contribution in [1.82, 2.24) is 0 Å². The van der Waals surface area contributed by atoms with Gasteiger partial charge in [0.2, 0.25) is 0 Å². The highest BCUT2D eigenvalue weighted by atomic mass is 35.5. The van der Waals surface area contributed by atoms with E-state index in [1.54, 1.807) is 13.2 Å². The van der Waals surface area contributed by atoms with Crippen LogP contribution in [0.5, 0.6) is 5.75 Å². The molecule has 0 heterocycles. The minimum Gasteiger partial charge on any atom is -0.493 e. The Balaban J connectivity index is 3.29. The summed E-state index contributed by atoms with van der Waals surface area (Å²) in [6.45, 7) is 1.91. The Labute approximate surface area is 70.9 Å². The van der Waals surface area contributed by atoms with E-state index in [-0.39, 0.29) is 0 Å². The summed E-state index contributed by atoms with van der Waals surface area (Å²) in [6, 6.07) is 3.63. The topological polar surface area (TPSA) is 35.2 Å². The van der Waals surface area contributed by atoms with E-state index >= 15 is 0 Å². The number of halogens is 1. The number of anilines is 1. The van der Waals surface area contributed by atoms with Crippen LogP contribution in [0, 0.1) is 6.92 Å². The van der Waals surface area contributed by atoms with Crippen molar-refractivity contribution in [2.24, 2.45) is 0 Å². The molecule has 1 aromatic carbocycles. The number of nitrogens with two attached hydrogens (primary N) is 1. The molecule has 0 fully saturated rings. The number of ether oxygens (including phenoxy) is 1. The lowest BCUT2D eigenvalue weighted by Crippen LogP contribution is -1.95. The molecule has 0 aliphatic carbocycles. The van der Waals surface area contributed by atoms with Crippen molar-refractivity contribution < 1.29 is 4.74 Å². The van der Waals surface area contributed by atoms with Gasteiger partial charge in [-0.2, -0.15) is 0 Å². The summed E-state index contributed by atoms with van der Waals surface area (Å²) in [5.74, 6) is 0.562. The molecule has 0 radical (unpaired) electrons. The molecule has 1 aromatic rings. The summed E-state index contributed by atoms with van der Waals surface area (Å²) in [4.78, 5) is 0. The molecule has 3 heteroatoms. The zero-order valence-corrected chi connectivity index (χ0v) is 7.27. The molecule has 2 nitrogen and oxygen atoms in total. The van der Waals surface area contributed by atoms with Crippen LogP contribution in [0.2, 0.25) is 5.02 Å². The monoisotopic (exact) mass is 171 g/mol. The van der Waals surface area contributed by atoms with E-state index in [1.807, 2.05) is 13.0 Å². The third-order valence-electron chi connectivity index (χ3n) is 1.57. The number of hydrogen-bond donors (Lipinski definition) is 1. The first-order valence-corrected chi connectivity index (χ1v) is 3.63. The third-order valence-corrected chi connectivity index (χ3v) is 1.87. The van der Waals surface area contributed by atoms with Crippen LogP contribution in [0.3, 0.4) is 0 Å². The summed E-state index contributed by atoms with van der Waals surface area (Å²) in [5.41, 5.74) is 7.27. The molecular weight excluding hydrogens is 162 g/mol. The molecule has 0 aliphatic rings. The van der Waals surface area contributed by atoms with Crippen LogP contribution >= 0.6 is 11.6 Å². The molecule has 0 bridgehead atoms. The molecule has 1 rings (SSSR count). The highest BCUT2D eigenvalue weighted by Gasteiger charge is 2.05. The fraction of sp³-hybridized carbons (Fsp3) is 0.250. The Morgan fingerprint density at radius 3 is 2.55 bits per heavy atom. The molecule has 0 spiro atoms. The van der Waals surface area contributed by atoms with Gasteiger partial charge in [0, 0.05) is 0 Å². The van der Waals surface area contributed by atoms with Gasteiger partial charge >= 0.3 is 0 Å². The molecule has 0 unspecified atom stereocenters. The predicted octanol–water partition coefficient (Wildman–Crippen LogP) is 2.24. The van der Waals surface area contributed by atoms with E-state index < -0.39 is 0 Å². The second-order valence-corrected chi connectivity index (χ2v) is 2.72. The zero-order chi connectivity index (χ0) is 8.43. The molecule has 0 saturated heterocycles. The van der Waals surface area contributed by atoms with Crippen LogP contribution in [0.15, 0.2) is 12.1 Å². The summed E-state index contributed by atoms with van der Waals surface area (Å²) >= 11 is 5.80. The second-order valence-electron chi connectivity index (χ2n) is 2.31. The van der Waals surface area contributed by atoms with Gasteiger partial charge < -0.3 is 10.5 Å². The molecule has 0 aromatic heterocycles. The van der Waals surface area contributed by atoms with Gasteiger partial charge in [-0.3, -0.25) is 0 Å². The molecule has 0 aliphatic heterocycles. The minimum atomic E-state index is 0.551. The average Bonchev–Trinajstić information content (AvgIpc) is 1.99. The molecule has 60 valence electrons. The van der Waals surface area contributed by atoms with Gasteiger partial charge in [-0.25, -0.2) is 0 Å². The Kier molecular flexibility index (Phi) is 2.25. The van der Waals surface area contributed by atoms with E-state index in [4.69, 9.17) is 22.1 Å². The summed E-state index contributed by atoms with van der Waals surface area (Å²) in [5, 5.41) is 0.551. The second kappa shape index (κ2) is 3.01. The molecule has 0 saturated carbocycles. The van der Waals surface area contributed by atoms with Crippen LogP contribution < -0.4 is 10.5 Å².